The van der Waals surface area contributed by atoms with Gasteiger partial charge in [0.25, 0.3) is 0 Å². The lowest BCUT2D eigenvalue weighted by Crippen LogP contribution is -2.00. The highest BCUT2D eigenvalue weighted by atomic mass is 16.5. The molecular formula is C23H28O5. The van der Waals surface area contributed by atoms with Crippen molar-refractivity contribution < 1.29 is 24.9 Å². The molecule has 0 bridgehead atoms. The van der Waals surface area contributed by atoms with Gasteiger partial charge in [-0.3, -0.25) is 4.79 Å². The number of carbonyl (C=O) groups is 1. The second-order valence-electron chi connectivity index (χ2n) is 6.65. The van der Waals surface area contributed by atoms with Gasteiger partial charge in [-0.2, -0.15) is 0 Å². The summed E-state index contributed by atoms with van der Waals surface area (Å²) in [5.41, 5.74) is 4.49. The largest absolute Gasteiger partial charge is 0.489 e. The first-order valence-electron chi connectivity index (χ1n) is 9.53. The minimum absolute atomic E-state index is 0.104. The molecule has 28 heavy (non-hydrogen) atoms. The number of carboxylic acid groups (broad SMARTS) is 1. The quantitative estimate of drug-likeness (QED) is 0.538. The zero-order valence-corrected chi connectivity index (χ0v) is 16.2. The van der Waals surface area contributed by atoms with Gasteiger partial charge in [-0.15, -0.1) is 0 Å². The predicted octanol–water partition coefficient (Wildman–Crippen LogP) is 4.30. The number of aliphatic hydroxyl groups is 2. The van der Waals surface area contributed by atoms with Crippen LogP contribution in [0.1, 0.15) is 54.9 Å². The van der Waals surface area contributed by atoms with Crippen molar-refractivity contribution in [2.45, 2.75) is 52.4 Å². The summed E-state index contributed by atoms with van der Waals surface area (Å²) in [6.07, 6.45) is 4.49. The van der Waals surface area contributed by atoms with E-state index in [1.54, 1.807) is 6.07 Å². The average molecular weight is 384 g/mol. The van der Waals surface area contributed by atoms with Gasteiger partial charge >= 0.3 is 5.97 Å². The number of hydrogen-bond acceptors (Lipinski definition) is 4. The van der Waals surface area contributed by atoms with Crippen molar-refractivity contribution in [2.75, 3.05) is 0 Å². The second-order valence-corrected chi connectivity index (χ2v) is 6.65. The summed E-state index contributed by atoms with van der Waals surface area (Å²) >= 11 is 0. The van der Waals surface area contributed by atoms with E-state index in [0.717, 1.165) is 35.3 Å². The van der Waals surface area contributed by atoms with Crippen molar-refractivity contribution >= 4 is 11.5 Å². The van der Waals surface area contributed by atoms with Gasteiger partial charge in [-0.1, -0.05) is 43.7 Å². The van der Waals surface area contributed by atoms with E-state index < -0.39 is 5.97 Å². The smallest absolute Gasteiger partial charge is 0.303 e. The van der Waals surface area contributed by atoms with Crippen molar-refractivity contribution in [1.82, 2.24) is 0 Å². The monoisotopic (exact) mass is 384 g/mol. The van der Waals surface area contributed by atoms with Gasteiger partial charge < -0.3 is 20.1 Å². The molecule has 0 aromatic heterocycles. The summed E-state index contributed by atoms with van der Waals surface area (Å²) in [7, 11) is 0. The van der Waals surface area contributed by atoms with Crippen LogP contribution in [-0.2, 0) is 24.6 Å². The Bertz CT molecular complexity index is 810. The minimum Gasteiger partial charge on any atom is -0.489 e. The van der Waals surface area contributed by atoms with Crippen molar-refractivity contribution in [3.63, 3.8) is 0 Å². The van der Waals surface area contributed by atoms with Gasteiger partial charge in [0.2, 0.25) is 0 Å². The van der Waals surface area contributed by atoms with Crippen molar-refractivity contribution in [3.8, 4) is 5.75 Å². The number of allylic oxidation sites excluding steroid dienone is 2. The number of aliphatic hydroxyl groups excluding tert-OH is 2. The fraction of sp³-hybridized carbons (Fsp3) is 0.348. The van der Waals surface area contributed by atoms with E-state index >= 15 is 0 Å². The van der Waals surface area contributed by atoms with E-state index in [1.807, 2.05) is 42.5 Å². The molecule has 0 spiro atoms. The van der Waals surface area contributed by atoms with Crippen LogP contribution in [0.2, 0.25) is 0 Å². The highest BCUT2D eigenvalue weighted by Crippen LogP contribution is 2.25. The number of rotatable bonds is 11. The Labute approximate surface area is 165 Å². The predicted molar refractivity (Wildman–Crippen MR) is 109 cm³/mol. The van der Waals surface area contributed by atoms with E-state index in [9.17, 15) is 15.0 Å². The molecule has 0 aliphatic carbocycles. The van der Waals surface area contributed by atoms with Crippen LogP contribution in [0, 0.1) is 0 Å². The van der Waals surface area contributed by atoms with Crippen LogP contribution in [0.3, 0.4) is 0 Å². The fourth-order valence-electron chi connectivity index (χ4n) is 3.03. The third-order valence-corrected chi connectivity index (χ3v) is 4.49. The zero-order valence-electron chi connectivity index (χ0n) is 16.2. The Morgan fingerprint density at radius 3 is 2.50 bits per heavy atom. The minimum atomic E-state index is -0.793. The van der Waals surface area contributed by atoms with Crippen LogP contribution in [0.25, 0.3) is 5.57 Å². The van der Waals surface area contributed by atoms with E-state index in [4.69, 9.17) is 9.84 Å². The first kappa shape index (κ1) is 21.7. The van der Waals surface area contributed by atoms with Crippen LogP contribution in [-0.4, -0.2) is 21.3 Å². The summed E-state index contributed by atoms with van der Waals surface area (Å²) in [6.45, 7) is 2.22. The molecule has 0 unspecified atom stereocenters. The third kappa shape index (κ3) is 6.51. The lowest BCUT2D eigenvalue weighted by molar-refractivity contribution is -0.136. The van der Waals surface area contributed by atoms with Crippen LogP contribution < -0.4 is 4.74 Å². The molecule has 0 saturated carbocycles. The molecule has 5 nitrogen and oxygen atoms in total. The maximum absolute atomic E-state index is 10.8. The molecule has 0 heterocycles. The summed E-state index contributed by atoms with van der Waals surface area (Å²) in [6, 6.07) is 13.3. The van der Waals surface area contributed by atoms with Gasteiger partial charge in [0.05, 0.1) is 13.2 Å². The number of ether oxygens (including phenoxy) is 1. The molecule has 0 fully saturated rings. The molecule has 5 heteroatoms. The Hall–Kier alpha value is -2.63. The third-order valence-electron chi connectivity index (χ3n) is 4.49. The highest BCUT2D eigenvalue weighted by Gasteiger charge is 2.06. The first-order valence-corrected chi connectivity index (χ1v) is 9.53. The normalized spacial score (nSPS) is 11.5. The number of hydrogen-bond donors (Lipinski definition) is 3. The molecule has 0 saturated heterocycles. The highest BCUT2D eigenvalue weighted by molar-refractivity contribution is 5.69. The van der Waals surface area contributed by atoms with E-state index in [-0.39, 0.29) is 19.6 Å². The maximum Gasteiger partial charge on any atom is 0.303 e. The summed E-state index contributed by atoms with van der Waals surface area (Å²) in [5.74, 6) is -0.0619. The first-order chi connectivity index (χ1) is 13.6. The summed E-state index contributed by atoms with van der Waals surface area (Å²) in [5, 5.41) is 27.5. The van der Waals surface area contributed by atoms with Crippen LogP contribution >= 0.6 is 0 Å². The summed E-state index contributed by atoms with van der Waals surface area (Å²) < 4.78 is 5.91. The Kier molecular flexibility index (Phi) is 8.72. The van der Waals surface area contributed by atoms with E-state index in [1.165, 1.54) is 0 Å². The SMILES string of the molecule is CCCC(=CCCC(=O)O)c1cccc(OCc2ccc(CO)c(CO)c2)c1. The molecule has 0 aliphatic rings. The molecule has 2 aromatic rings. The second kappa shape index (κ2) is 11.3. The molecule has 0 amide bonds. The average Bonchev–Trinajstić information content (AvgIpc) is 2.71. The van der Waals surface area contributed by atoms with Gasteiger partial charge in [-0.05, 0) is 58.9 Å². The van der Waals surface area contributed by atoms with Crippen molar-refractivity contribution in [1.29, 1.82) is 0 Å². The van der Waals surface area contributed by atoms with Crippen molar-refractivity contribution in [3.05, 3.63) is 70.8 Å². The Balaban J connectivity index is 2.10. The Morgan fingerprint density at radius 2 is 1.82 bits per heavy atom. The van der Waals surface area contributed by atoms with Crippen LogP contribution in [0.4, 0.5) is 0 Å². The molecule has 2 aromatic carbocycles. The van der Waals surface area contributed by atoms with Crippen LogP contribution in [0.15, 0.2) is 48.5 Å². The molecule has 0 atom stereocenters. The lowest BCUT2D eigenvalue weighted by Gasteiger charge is -2.12. The van der Waals surface area contributed by atoms with Crippen molar-refractivity contribution in [2.24, 2.45) is 0 Å². The molecule has 3 N–H and O–H groups in total. The van der Waals surface area contributed by atoms with Gasteiger partial charge in [0, 0.05) is 6.42 Å². The van der Waals surface area contributed by atoms with Gasteiger partial charge in [-0.25, -0.2) is 0 Å². The zero-order chi connectivity index (χ0) is 20.4. The standard InChI is InChI=1S/C23H28O5/c1-2-5-18(6-4-9-23(26)27)19-7-3-8-22(13-19)28-16-17-10-11-20(14-24)21(12-17)15-25/h3,6-8,10-13,24-25H,2,4-5,9,14-16H2,1H3,(H,26,27). The van der Waals surface area contributed by atoms with Gasteiger partial charge in [0.1, 0.15) is 12.4 Å². The number of carboxylic acids is 1. The topological polar surface area (TPSA) is 87.0 Å². The lowest BCUT2D eigenvalue weighted by atomic mass is 9.99. The van der Waals surface area contributed by atoms with Gasteiger partial charge in [0.15, 0.2) is 0 Å². The van der Waals surface area contributed by atoms with E-state index in [2.05, 4.69) is 6.92 Å². The summed E-state index contributed by atoms with van der Waals surface area (Å²) in [4.78, 5) is 10.8. The maximum atomic E-state index is 10.8. The molecule has 0 aliphatic heterocycles. The fourth-order valence-corrected chi connectivity index (χ4v) is 3.03. The molecule has 2 rings (SSSR count). The molecule has 150 valence electrons. The number of aliphatic carboxylic acids is 1. The van der Waals surface area contributed by atoms with Crippen LogP contribution in [0.5, 0.6) is 5.75 Å². The molecule has 0 radical (unpaired) electrons. The van der Waals surface area contributed by atoms with E-state index in [0.29, 0.717) is 24.2 Å². The molecular weight excluding hydrogens is 356 g/mol. The number of benzene rings is 2. The Morgan fingerprint density at radius 1 is 1.04 bits per heavy atom.